The quantitative estimate of drug-likeness (QED) is 0.642. The number of benzene rings is 2. The van der Waals surface area contributed by atoms with Gasteiger partial charge in [0.15, 0.2) is 18.1 Å². The second-order valence-corrected chi connectivity index (χ2v) is 6.65. The summed E-state index contributed by atoms with van der Waals surface area (Å²) in [6, 6.07) is 12.7. The lowest BCUT2D eigenvalue weighted by atomic mass is 10.1. The summed E-state index contributed by atoms with van der Waals surface area (Å²) in [5.74, 6) is -0.239. The molecule has 0 aliphatic carbocycles. The molecule has 30 heavy (non-hydrogen) atoms. The summed E-state index contributed by atoms with van der Waals surface area (Å²) in [7, 11) is 0. The molecule has 0 saturated heterocycles. The van der Waals surface area contributed by atoms with Gasteiger partial charge in [-0.15, -0.1) is 0 Å². The molecular formula is C22H24N2O6. The molecule has 1 aliphatic rings. The average Bonchev–Trinajstić information content (AvgIpc) is 2.76. The standard InChI is InChI=1S/C22H24N2O6/c1-2-16-5-3-4-6-17(16)24-20(25)13-23-21(26)14-30-22(27)12-15-7-8-18-19(11-15)29-10-9-28-18/h3-8,11H,2,9-10,12-14H2,1H3,(H,23,26)(H,24,25). The van der Waals surface area contributed by atoms with Crippen LogP contribution >= 0.6 is 0 Å². The van der Waals surface area contributed by atoms with E-state index in [2.05, 4.69) is 10.6 Å². The summed E-state index contributed by atoms with van der Waals surface area (Å²) >= 11 is 0. The predicted octanol–water partition coefficient (Wildman–Crippen LogP) is 1.86. The Balaban J connectivity index is 1.39. The Hall–Kier alpha value is -3.55. The molecule has 3 rings (SSSR count). The molecule has 0 unspecified atom stereocenters. The van der Waals surface area contributed by atoms with E-state index >= 15 is 0 Å². The molecule has 0 radical (unpaired) electrons. The number of ether oxygens (including phenoxy) is 3. The largest absolute Gasteiger partial charge is 0.486 e. The first kappa shape index (κ1) is 21.2. The normalized spacial score (nSPS) is 12.0. The summed E-state index contributed by atoms with van der Waals surface area (Å²) in [5.41, 5.74) is 2.41. The molecule has 0 bridgehead atoms. The van der Waals surface area contributed by atoms with Crippen molar-refractivity contribution in [3.63, 3.8) is 0 Å². The van der Waals surface area contributed by atoms with Gasteiger partial charge in [0.25, 0.3) is 5.91 Å². The number of nitrogens with one attached hydrogen (secondary N) is 2. The minimum absolute atomic E-state index is 0.00178. The van der Waals surface area contributed by atoms with Gasteiger partial charge in [-0.1, -0.05) is 31.2 Å². The van der Waals surface area contributed by atoms with Crippen LogP contribution in [0.25, 0.3) is 0 Å². The Kier molecular flexibility index (Phi) is 7.26. The second-order valence-electron chi connectivity index (χ2n) is 6.65. The van der Waals surface area contributed by atoms with Gasteiger partial charge in [-0.05, 0) is 35.7 Å². The number of esters is 1. The van der Waals surface area contributed by atoms with Crippen LogP contribution in [0.2, 0.25) is 0 Å². The van der Waals surface area contributed by atoms with E-state index in [-0.39, 0.29) is 18.9 Å². The van der Waals surface area contributed by atoms with E-state index in [4.69, 9.17) is 14.2 Å². The van der Waals surface area contributed by atoms with Crippen LogP contribution in [0.4, 0.5) is 5.69 Å². The van der Waals surface area contributed by atoms with Crippen LogP contribution in [0.15, 0.2) is 42.5 Å². The van der Waals surface area contributed by atoms with Gasteiger partial charge in [0.1, 0.15) is 13.2 Å². The average molecular weight is 412 g/mol. The van der Waals surface area contributed by atoms with Gasteiger partial charge in [-0.3, -0.25) is 14.4 Å². The van der Waals surface area contributed by atoms with Crippen LogP contribution in [0.5, 0.6) is 11.5 Å². The highest BCUT2D eigenvalue weighted by molar-refractivity contribution is 5.95. The molecule has 0 aromatic heterocycles. The van der Waals surface area contributed by atoms with Gasteiger partial charge in [0.05, 0.1) is 13.0 Å². The molecule has 0 saturated carbocycles. The number of hydrogen-bond donors (Lipinski definition) is 2. The molecule has 158 valence electrons. The smallest absolute Gasteiger partial charge is 0.310 e. The van der Waals surface area contributed by atoms with Crippen LogP contribution in [-0.4, -0.2) is 44.1 Å². The molecular weight excluding hydrogens is 388 g/mol. The van der Waals surface area contributed by atoms with Crippen molar-refractivity contribution in [3.05, 3.63) is 53.6 Å². The third-order valence-corrected chi connectivity index (χ3v) is 4.44. The first-order valence-corrected chi connectivity index (χ1v) is 9.73. The lowest BCUT2D eigenvalue weighted by molar-refractivity contribution is -0.147. The molecule has 1 heterocycles. The number of aryl methyl sites for hydroxylation is 1. The molecule has 0 spiro atoms. The van der Waals surface area contributed by atoms with E-state index in [0.717, 1.165) is 12.0 Å². The van der Waals surface area contributed by atoms with Crippen LogP contribution in [0, 0.1) is 0 Å². The van der Waals surface area contributed by atoms with E-state index in [1.54, 1.807) is 24.3 Å². The molecule has 8 heteroatoms. The van der Waals surface area contributed by atoms with Crippen molar-refractivity contribution >= 4 is 23.5 Å². The molecule has 1 aliphatic heterocycles. The third-order valence-electron chi connectivity index (χ3n) is 4.44. The van der Waals surface area contributed by atoms with Gasteiger partial charge < -0.3 is 24.8 Å². The number of anilines is 1. The lowest BCUT2D eigenvalue weighted by Gasteiger charge is -2.18. The minimum Gasteiger partial charge on any atom is -0.486 e. The SMILES string of the molecule is CCc1ccccc1NC(=O)CNC(=O)COC(=O)Cc1ccc2c(c1)OCCO2. The summed E-state index contributed by atoms with van der Waals surface area (Å²) in [6.07, 6.45) is 0.778. The van der Waals surface area contributed by atoms with Crippen LogP contribution in [0.1, 0.15) is 18.1 Å². The summed E-state index contributed by atoms with van der Waals surface area (Å²) in [4.78, 5) is 35.9. The minimum atomic E-state index is -0.553. The summed E-state index contributed by atoms with van der Waals surface area (Å²) < 4.78 is 15.9. The summed E-state index contributed by atoms with van der Waals surface area (Å²) in [5, 5.41) is 5.19. The number of amides is 2. The molecule has 0 atom stereocenters. The zero-order chi connectivity index (χ0) is 21.3. The van der Waals surface area contributed by atoms with Gasteiger partial charge in [-0.2, -0.15) is 0 Å². The van der Waals surface area contributed by atoms with Crippen LogP contribution in [0.3, 0.4) is 0 Å². The number of rotatable bonds is 8. The van der Waals surface area contributed by atoms with Gasteiger partial charge in [0, 0.05) is 5.69 Å². The van der Waals surface area contributed by atoms with E-state index in [0.29, 0.717) is 36.0 Å². The lowest BCUT2D eigenvalue weighted by Crippen LogP contribution is -2.35. The third kappa shape index (κ3) is 5.97. The van der Waals surface area contributed by atoms with Crippen molar-refractivity contribution in [3.8, 4) is 11.5 Å². The molecule has 2 N–H and O–H groups in total. The highest BCUT2D eigenvalue weighted by Crippen LogP contribution is 2.30. The van der Waals surface area contributed by atoms with E-state index in [1.807, 2.05) is 25.1 Å². The molecule has 2 aromatic rings. The van der Waals surface area contributed by atoms with Crippen LogP contribution < -0.4 is 20.1 Å². The van der Waals surface area contributed by atoms with Gasteiger partial charge in [-0.25, -0.2) is 0 Å². The summed E-state index contributed by atoms with van der Waals surface area (Å²) in [6.45, 7) is 2.27. The van der Waals surface area contributed by atoms with Gasteiger partial charge in [0.2, 0.25) is 5.91 Å². The van der Waals surface area contributed by atoms with Gasteiger partial charge >= 0.3 is 5.97 Å². The second kappa shape index (κ2) is 10.3. The van der Waals surface area contributed by atoms with Crippen molar-refractivity contribution in [2.45, 2.75) is 19.8 Å². The fourth-order valence-corrected chi connectivity index (χ4v) is 2.94. The number of fused-ring (bicyclic) bond motifs is 1. The predicted molar refractivity (Wildman–Crippen MR) is 110 cm³/mol. The van der Waals surface area contributed by atoms with E-state index in [1.165, 1.54) is 0 Å². The Morgan fingerprint density at radius 3 is 2.57 bits per heavy atom. The number of carbonyl (C=O) groups is 3. The number of hydrogen-bond acceptors (Lipinski definition) is 6. The highest BCUT2D eigenvalue weighted by atomic mass is 16.6. The maximum Gasteiger partial charge on any atom is 0.310 e. The maximum atomic E-state index is 12.0. The monoisotopic (exact) mass is 412 g/mol. The zero-order valence-electron chi connectivity index (χ0n) is 16.7. The molecule has 8 nitrogen and oxygen atoms in total. The molecule has 2 aromatic carbocycles. The molecule has 2 amide bonds. The highest BCUT2D eigenvalue weighted by Gasteiger charge is 2.15. The molecule has 0 fully saturated rings. The fourth-order valence-electron chi connectivity index (χ4n) is 2.94. The first-order chi connectivity index (χ1) is 14.5. The Morgan fingerprint density at radius 2 is 1.77 bits per heavy atom. The topological polar surface area (TPSA) is 103 Å². The maximum absolute atomic E-state index is 12.0. The van der Waals surface area contributed by atoms with E-state index < -0.39 is 18.5 Å². The number of para-hydroxylation sites is 1. The van der Waals surface area contributed by atoms with Crippen molar-refractivity contribution in [1.29, 1.82) is 0 Å². The van der Waals surface area contributed by atoms with E-state index in [9.17, 15) is 14.4 Å². The Morgan fingerprint density at radius 1 is 1.00 bits per heavy atom. The van der Waals surface area contributed by atoms with Crippen molar-refractivity contribution in [2.75, 3.05) is 31.7 Å². The fraction of sp³-hybridized carbons (Fsp3) is 0.318. The van der Waals surface area contributed by atoms with Crippen molar-refractivity contribution < 1.29 is 28.6 Å². The van der Waals surface area contributed by atoms with Crippen molar-refractivity contribution in [1.82, 2.24) is 5.32 Å². The van der Waals surface area contributed by atoms with Crippen LogP contribution in [-0.2, 0) is 32.0 Å². The Bertz CT molecular complexity index is 928. The van der Waals surface area contributed by atoms with Crippen molar-refractivity contribution in [2.24, 2.45) is 0 Å². The number of carbonyl (C=O) groups excluding carboxylic acids is 3. The Labute approximate surface area is 174 Å². The zero-order valence-corrected chi connectivity index (χ0v) is 16.7. The first-order valence-electron chi connectivity index (χ1n) is 9.73.